The van der Waals surface area contributed by atoms with E-state index in [2.05, 4.69) is 20.8 Å². The van der Waals surface area contributed by atoms with Crippen LogP contribution in [0.25, 0.3) is 0 Å². The van der Waals surface area contributed by atoms with Crippen molar-refractivity contribution in [1.29, 1.82) is 0 Å². The maximum atomic E-state index is 13.4. The number of carbonyl (C=O) groups excluding carboxylic acids is 2. The Hall–Kier alpha value is -3.59. The molecule has 41 heavy (non-hydrogen) atoms. The van der Waals surface area contributed by atoms with Gasteiger partial charge >= 0.3 is 0 Å². The van der Waals surface area contributed by atoms with Gasteiger partial charge in [-0.15, -0.1) is 5.10 Å². The van der Waals surface area contributed by atoms with E-state index < -0.39 is 22.2 Å². The van der Waals surface area contributed by atoms with Gasteiger partial charge < -0.3 is 20.1 Å². The van der Waals surface area contributed by atoms with Crippen LogP contribution in [0.5, 0.6) is 5.75 Å². The Morgan fingerprint density at radius 1 is 1.27 bits per heavy atom. The summed E-state index contributed by atoms with van der Waals surface area (Å²) in [6, 6.07) is 10.4. The number of ether oxygens (including phenoxy) is 1. The molecule has 15 heteroatoms. The normalized spacial score (nSPS) is 18.6. The number of aliphatic hydroxyl groups excluding tert-OH is 1. The number of aromatic nitrogens is 4. The van der Waals surface area contributed by atoms with Crippen LogP contribution in [0.3, 0.4) is 0 Å². The summed E-state index contributed by atoms with van der Waals surface area (Å²) in [5.74, 6) is -0.520. The number of likely N-dealkylation sites (N-methyl/N-ethyl adjacent to an activating group) is 1. The van der Waals surface area contributed by atoms with E-state index in [1.54, 1.807) is 30.0 Å². The van der Waals surface area contributed by atoms with Gasteiger partial charge in [-0.05, 0) is 59.8 Å². The van der Waals surface area contributed by atoms with Gasteiger partial charge in [0.2, 0.25) is 21.8 Å². The highest BCUT2D eigenvalue weighted by atomic mass is 35.5. The van der Waals surface area contributed by atoms with Crippen LogP contribution in [0.15, 0.2) is 53.7 Å². The minimum Gasteiger partial charge on any atom is -0.488 e. The van der Waals surface area contributed by atoms with Gasteiger partial charge in [0.15, 0.2) is 0 Å². The van der Waals surface area contributed by atoms with Crippen LogP contribution in [0.1, 0.15) is 19.4 Å². The van der Waals surface area contributed by atoms with E-state index in [0.717, 1.165) is 0 Å². The average molecular weight is 606 g/mol. The first-order chi connectivity index (χ1) is 19.5. The molecule has 2 aromatic carbocycles. The number of nitrogens with one attached hydrogen (secondary N) is 1. The van der Waals surface area contributed by atoms with Crippen LogP contribution in [0.2, 0.25) is 5.02 Å². The van der Waals surface area contributed by atoms with Crippen molar-refractivity contribution < 1.29 is 27.9 Å². The summed E-state index contributed by atoms with van der Waals surface area (Å²) in [5, 5.41) is 23.7. The zero-order valence-corrected chi connectivity index (χ0v) is 24.4. The fourth-order valence-electron chi connectivity index (χ4n) is 4.46. The Balaban J connectivity index is 1.62. The van der Waals surface area contributed by atoms with E-state index >= 15 is 0 Å². The lowest BCUT2D eigenvalue weighted by molar-refractivity contribution is -0.134. The van der Waals surface area contributed by atoms with E-state index in [4.69, 9.17) is 16.3 Å². The Kier molecular flexibility index (Phi) is 9.58. The Morgan fingerprint density at radius 3 is 2.66 bits per heavy atom. The van der Waals surface area contributed by atoms with Gasteiger partial charge in [0, 0.05) is 35.8 Å². The summed E-state index contributed by atoms with van der Waals surface area (Å²) in [7, 11) is -2.39. The monoisotopic (exact) mass is 605 g/mol. The Morgan fingerprint density at radius 2 is 2.00 bits per heavy atom. The van der Waals surface area contributed by atoms with Gasteiger partial charge in [0.05, 0.1) is 30.5 Å². The van der Waals surface area contributed by atoms with Gasteiger partial charge in [0.25, 0.3) is 0 Å². The number of amides is 2. The average Bonchev–Trinajstić information content (AvgIpc) is 3.45. The van der Waals surface area contributed by atoms with Gasteiger partial charge in [-0.1, -0.05) is 18.5 Å². The molecule has 0 saturated carbocycles. The van der Waals surface area contributed by atoms with Crippen LogP contribution in [0.4, 0.5) is 5.69 Å². The fraction of sp³-hybridized carbons (Fsp3) is 0.423. The highest BCUT2D eigenvalue weighted by molar-refractivity contribution is 7.89. The number of rotatable bonds is 9. The number of nitrogens with zero attached hydrogens (tertiary/aromatic N) is 6. The third-order valence-corrected chi connectivity index (χ3v) is 8.95. The van der Waals surface area contributed by atoms with Crippen LogP contribution >= 0.6 is 11.6 Å². The molecule has 0 saturated heterocycles. The quantitative estimate of drug-likeness (QED) is 0.368. The predicted octanol–water partition coefficient (Wildman–Crippen LogP) is 1.43. The molecule has 0 bridgehead atoms. The smallest absolute Gasteiger partial charge is 0.246 e. The second-order valence-electron chi connectivity index (χ2n) is 10.0. The van der Waals surface area contributed by atoms with Gasteiger partial charge in [0.1, 0.15) is 24.7 Å². The molecule has 2 heterocycles. The van der Waals surface area contributed by atoms with Crippen molar-refractivity contribution >= 4 is 39.1 Å². The largest absolute Gasteiger partial charge is 0.488 e. The minimum atomic E-state index is -3.86. The SMILES string of the molecule is C[C@@H]1CN([C@H](C)CO)C(=O)Cc2cc(NC(=O)Cn3cnnn3)ccc2O[C@@H]1CN(C)S(=O)(=O)c1ccc(Cl)cc1. The molecular weight excluding hydrogens is 574 g/mol. The highest BCUT2D eigenvalue weighted by Gasteiger charge is 2.33. The molecule has 0 aliphatic carbocycles. The molecule has 0 spiro atoms. The third kappa shape index (κ3) is 7.38. The van der Waals surface area contributed by atoms with E-state index in [0.29, 0.717) is 22.0 Å². The number of anilines is 1. The number of aliphatic hydroxyl groups is 1. The maximum Gasteiger partial charge on any atom is 0.246 e. The van der Waals surface area contributed by atoms with Crippen molar-refractivity contribution in [2.24, 2.45) is 5.92 Å². The van der Waals surface area contributed by atoms with Crippen molar-refractivity contribution in [2.75, 3.05) is 32.1 Å². The molecule has 1 aromatic heterocycles. The highest BCUT2D eigenvalue weighted by Crippen LogP contribution is 2.30. The van der Waals surface area contributed by atoms with Crippen molar-refractivity contribution in [3.05, 3.63) is 59.4 Å². The fourth-order valence-corrected chi connectivity index (χ4v) is 5.77. The first kappa shape index (κ1) is 30.4. The molecule has 0 unspecified atom stereocenters. The number of hydrogen-bond acceptors (Lipinski definition) is 9. The first-order valence-corrected chi connectivity index (χ1v) is 14.7. The molecule has 0 radical (unpaired) electrons. The van der Waals surface area contributed by atoms with Gasteiger partial charge in [-0.2, -0.15) is 4.31 Å². The van der Waals surface area contributed by atoms with E-state index in [1.165, 1.54) is 46.6 Å². The Labute approximate surface area is 243 Å². The minimum absolute atomic E-state index is 0.00840. The standard InChI is InChI=1S/C26H32ClN7O6S/c1-17-12-34(18(2)15-35)26(37)11-19-10-21(29-25(36)14-33-16-28-30-31-33)6-9-23(19)40-24(17)13-32(3)41(38,39)22-7-4-20(27)5-8-22/h4-10,16-18,24,35H,11-15H2,1-3H3,(H,29,36)/t17-,18-,24-/m1/s1. The first-order valence-electron chi connectivity index (χ1n) is 12.9. The van der Waals surface area contributed by atoms with Crippen molar-refractivity contribution in [3.63, 3.8) is 0 Å². The third-order valence-electron chi connectivity index (χ3n) is 6.86. The maximum absolute atomic E-state index is 13.4. The predicted molar refractivity (Wildman–Crippen MR) is 150 cm³/mol. The molecule has 220 valence electrons. The molecular formula is C26H32ClN7O6S. The van der Waals surface area contributed by atoms with Gasteiger partial charge in [-0.25, -0.2) is 13.1 Å². The zero-order valence-electron chi connectivity index (χ0n) is 22.8. The number of hydrogen-bond donors (Lipinski definition) is 2. The molecule has 1 aliphatic heterocycles. The molecule has 2 amide bonds. The lowest BCUT2D eigenvalue weighted by Gasteiger charge is -2.33. The van der Waals surface area contributed by atoms with Crippen LogP contribution in [0, 0.1) is 5.92 Å². The number of fused-ring (bicyclic) bond motifs is 1. The number of halogens is 1. The van der Waals surface area contributed by atoms with Gasteiger partial charge in [-0.3, -0.25) is 9.59 Å². The molecule has 4 rings (SSSR count). The molecule has 13 nitrogen and oxygen atoms in total. The van der Waals surface area contributed by atoms with Crippen molar-refractivity contribution in [1.82, 2.24) is 29.4 Å². The summed E-state index contributed by atoms with van der Waals surface area (Å²) >= 11 is 5.94. The number of carbonyl (C=O) groups is 2. The molecule has 0 fully saturated rings. The molecule has 1 aliphatic rings. The van der Waals surface area contributed by atoms with E-state index in [-0.39, 0.29) is 55.3 Å². The van der Waals surface area contributed by atoms with Crippen LogP contribution in [-0.4, -0.2) is 93.6 Å². The van der Waals surface area contributed by atoms with Crippen LogP contribution < -0.4 is 10.1 Å². The zero-order chi connectivity index (χ0) is 29.7. The van der Waals surface area contributed by atoms with Crippen LogP contribution in [-0.2, 0) is 32.6 Å². The second-order valence-corrected chi connectivity index (χ2v) is 12.5. The molecule has 3 atom stereocenters. The molecule has 3 aromatic rings. The summed E-state index contributed by atoms with van der Waals surface area (Å²) < 4.78 is 35.5. The summed E-state index contributed by atoms with van der Waals surface area (Å²) in [5.41, 5.74) is 0.943. The lowest BCUT2D eigenvalue weighted by atomic mass is 10.0. The topological polar surface area (TPSA) is 160 Å². The molecule has 2 N–H and O–H groups in total. The van der Waals surface area contributed by atoms with Crippen molar-refractivity contribution in [3.8, 4) is 5.75 Å². The van der Waals surface area contributed by atoms with E-state index in [1.807, 2.05) is 6.92 Å². The summed E-state index contributed by atoms with van der Waals surface area (Å²) in [6.45, 7) is 3.50. The second kappa shape index (κ2) is 12.9. The number of tetrazole rings is 1. The number of sulfonamides is 1. The Bertz CT molecular complexity index is 1470. The van der Waals surface area contributed by atoms with E-state index in [9.17, 15) is 23.1 Å². The summed E-state index contributed by atoms with van der Waals surface area (Å²) in [4.78, 5) is 27.6. The summed E-state index contributed by atoms with van der Waals surface area (Å²) in [6.07, 6.45) is 0.619. The lowest BCUT2D eigenvalue weighted by Crippen LogP contribution is -2.48. The van der Waals surface area contributed by atoms with Crippen molar-refractivity contribution in [2.45, 2.75) is 43.9 Å². The number of benzene rings is 2.